The third-order valence-electron chi connectivity index (χ3n) is 21.9. The number of allylic oxidation sites excluding steroid dienone is 4. The molecule has 5 heterocycles. The van der Waals surface area contributed by atoms with Gasteiger partial charge in [-0.2, -0.15) is 0 Å². The highest BCUT2D eigenvalue weighted by atomic mass is 16.6. The zero-order chi connectivity index (χ0) is 71.8. The molecule has 30 unspecified atom stereocenters. The van der Waals surface area contributed by atoms with Gasteiger partial charge in [0.2, 0.25) is 0 Å². The first kappa shape index (κ1) is 84.4. The van der Waals surface area contributed by atoms with Crippen molar-refractivity contribution in [3.8, 4) is 0 Å². The molecule has 0 spiro atoms. The number of aliphatic hydroxyl groups is 9. The van der Waals surface area contributed by atoms with Gasteiger partial charge in [-0.05, 0) is 129 Å². The molecule has 0 radical (unpaired) electrons. The normalized spacial score (nSPS) is 39.6. The number of carbonyl (C=O) groups is 2. The van der Waals surface area contributed by atoms with E-state index in [1.54, 1.807) is 61.2 Å². The standard InChI is InChI=1S/C77H130O20/c1-44-22-28-56(78)36-59-19-17-21-62(95-59)41-71(91-15)51(8)67(82)43-69(84)53(10)77(55(12)75(88)47(4)27-31-64-39-65(89-13)35-49(6)93-64)97-73(86)33-25-45(2)23-29-57(79)37-60-18-16-20-61(94-60)40-70(90-14)50(7)66(81)42-68(83)52(9)76(96-72(85)32-24-44)54(11)74(87)46(3)26-30-63-38-58(80)34-48(5)92-63/h16-19,22-25,32-33,46-71,74-84,87-88H,20-21,26-31,34-43H2,1-15H3. The van der Waals surface area contributed by atoms with E-state index in [-0.39, 0.29) is 93.1 Å². The van der Waals surface area contributed by atoms with Crippen LogP contribution >= 0.6 is 0 Å². The Bertz CT molecular complexity index is 2460. The number of ether oxygens (including phenoxy) is 9. The number of carbonyl (C=O) groups excluding carboxylic acids is 2. The fourth-order valence-electron chi connectivity index (χ4n) is 15.2. The molecule has 0 aromatic rings. The van der Waals surface area contributed by atoms with Crippen LogP contribution in [-0.2, 0) is 52.2 Å². The molecular weight excluding hydrogens is 1240 g/mol. The maximum Gasteiger partial charge on any atom is 0.331 e. The largest absolute Gasteiger partial charge is 0.458 e. The summed E-state index contributed by atoms with van der Waals surface area (Å²) in [5.41, 5.74) is 1.37. The quantitative estimate of drug-likeness (QED) is 0.0544. The highest BCUT2D eigenvalue weighted by molar-refractivity contribution is 5.83. The Hall–Kier alpha value is -3.26. The van der Waals surface area contributed by atoms with Crippen LogP contribution in [0, 0.1) is 47.3 Å². The van der Waals surface area contributed by atoms with Gasteiger partial charge in [0.25, 0.3) is 0 Å². The molecule has 9 N–H and O–H groups in total. The molecule has 5 aliphatic heterocycles. The Labute approximate surface area is 581 Å². The van der Waals surface area contributed by atoms with Crippen molar-refractivity contribution in [2.24, 2.45) is 47.3 Å². The molecule has 30 atom stereocenters. The maximum atomic E-state index is 13.9. The first-order chi connectivity index (χ1) is 45.9. The van der Waals surface area contributed by atoms with Gasteiger partial charge in [0, 0.05) is 94.7 Å². The lowest BCUT2D eigenvalue weighted by molar-refractivity contribution is -0.158. The zero-order valence-electron chi connectivity index (χ0n) is 61.3. The molecule has 20 nitrogen and oxygen atoms in total. The lowest BCUT2D eigenvalue weighted by atomic mass is 9.78. The van der Waals surface area contributed by atoms with Gasteiger partial charge in [-0.3, -0.25) is 0 Å². The summed E-state index contributed by atoms with van der Waals surface area (Å²) in [6, 6.07) is 0. The van der Waals surface area contributed by atoms with Gasteiger partial charge in [0.1, 0.15) is 12.2 Å². The number of hydrogen-bond donors (Lipinski definition) is 9. The summed E-state index contributed by atoms with van der Waals surface area (Å²) in [5, 5.41) is 105. The molecule has 558 valence electrons. The van der Waals surface area contributed by atoms with Gasteiger partial charge in [0.05, 0.1) is 122 Å². The van der Waals surface area contributed by atoms with Gasteiger partial charge in [-0.1, -0.05) is 115 Å². The summed E-state index contributed by atoms with van der Waals surface area (Å²) < 4.78 is 55.4. The highest BCUT2D eigenvalue weighted by Crippen LogP contribution is 2.37. The minimum atomic E-state index is -1.18. The predicted molar refractivity (Wildman–Crippen MR) is 373 cm³/mol. The fourth-order valence-corrected chi connectivity index (χ4v) is 15.2. The van der Waals surface area contributed by atoms with E-state index in [4.69, 9.17) is 42.6 Å². The second kappa shape index (κ2) is 42.4. The highest BCUT2D eigenvalue weighted by Gasteiger charge is 2.42. The average molecular weight is 1380 g/mol. The van der Waals surface area contributed by atoms with E-state index in [0.717, 1.165) is 12.8 Å². The lowest BCUT2D eigenvalue weighted by Crippen LogP contribution is -2.45. The van der Waals surface area contributed by atoms with Crippen LogP contribution in [0.1, 0.15) is 199 Å². The SMILES string of the molecule is COC1CC(C)OC(CCC(C)C(O)C(C)C2OC(=O)C=CC(C)=CCC(O)CC3C=CCC(CC(OC)C(C)C(O)CC(O)C(C)C(C(C)C(O)C(C)CCC4CC(O)CC(C)O4)OC(=O)C=CC(C)=CCC(O)CC4C=CCC(CC(OC)C(C)C(O)CC(O)C2C)O4)O3)C1. The van der Waals surface area contributed by atoms with E-state index >= 15 is 0 Å². The van der Waals surface area contributed by atoms with Crippen LogP contribution < -0.4 is 0 Å². The minimum absolute atomic E-state index is 0.0308. The summed E-state index contributed by atoms with van der Waals surface area (Å²) >= 11 is 0. The van der Waals surface area contributed by atoms with Crippen LogP contribution in [0.15, 0.2) is 71.9 Å². The van der Waals surface area contributed by atoms with Gasteiger partial charge in [-0.15, -0.1) is 0 Å². The van der Waals surface area contributed by atoms with E-state index in [9.17, 15) is 55.5 Å². The number of methoxy groups -OCH3 is 3. The van der Waals surface area contributed by atoms with Crippen LogP contribution in [0.4, 0.5) is 0 Å². The molecule has 0 aliphatic carbocycles. The van der Waals surface area contributed by atoms with E-state index in [1.165, 1.54) is 12.2 Å². The Morgan fingerprint density at radius 1 is 0.454 bits per heavy atom. The molecule has 0 amide bonds. The number of cyclic esters (lactones) is 2. The molecule has 2 saturated heterocycles. The maximum absolute atomic E-state index is 13.9. The number of esters is 2. The molecule has 5 aliphatic rings. The molecule has 20 heteroatoms. The Kier molecular flexibility index (Phi) is 36.9. The Morgan fingerprint density at radius 3 is 1.24 bits per heavy atom. The van der Waals surface area contributed by atoms with Crippen molar-refractivity contribution in [2.45, 2.75) is 333 Å². The van der Waals surface area contributed by atoms with E-state index in [0.29, 0.717) is 75.4 Å². The van der Waals surface area contributed by atoms with E-state index < -0.39 is 139 Å². The summed E-state index contributed by atoms with van der Waals surface area (Å²) in [5.74, 6) is -5.62. The van der Waals surface area contributed by atoms with Crippen LogP contribution in [0.3, 0.4) is 0 Å². The molecule has 97 heavy (non-hydrogen) atoms. The van der Waals surface area contributed by atoms with Crippen molar-refractivity contribution in [1.82, 2.24) is 0 Å². The monoisotopic (exact) mass is 1370 g/mol. The van der Waals surface area contributed by atoms with Crippen molar-refractivity contribution < 1.29 is 98.2 Å². The van der Waals surface area contributed by atoms with Crippen LogP contribution in [0.2, 0.25) is 0 Å². The fraction of sp³-hybridized carbons (Fsp3) is 0.818. The molecular formula is C77H130O20. The van der Waals surface area contributed by atoms with Crippen LogP contribution in [0.5, 0.6) is 0 Å². The number of hydrogen-bond acceptors (Lipinski definition) is 20. The molecule has 0 aromatic carbocycles. The average Bonchev–Trinajstić information content (AvgIpc) is 0.908. The molecule has 4 bridgehead atoms. The number of fused-ring (bicyclic) bond motifs is 4. The Morgan fingerprint density at radius 2 is 0.845 bits per heavy atom. The van der Waals surface area contributed by atoms with Crippen molar-refractivity contribution in [1.29, 1.82) is 0 Å². The van der Waals surface area contributed by atoms with Crippen molar-refractivity contribution >= 4 is 11.9 Å². The summed E-state index contributed by atoms with van der Waals surface area (Å²) in [6.45, 7) is 22.3. The lowest BCUT2D eigenvalue weighted by Gasteiger charge is -2.38. The smallest absolute Gasteiger partial charge is 0.331 e. The van der Waals surface area contributed by atoms with Crippen LogP contribution in [-0.4, -0.2) is 214 Å². The minimum Gasteiger partial charge on any atom is -0.458 e. The number of aliphatic hydroxyl groups excluding tert-OH is 9. The number of rotatable bonds is 15. The zero-order valence-corrected chi connectivity index (χ0v) is 61.3. The second-order valence-corrected chi connectivity index (χ2v) is 30.1. The topological polar surface area (TPSA) is 299 Å². The van der Waals surface area contributed by atoms with Gasteiger partial charge in [0.15, 0.2) is 0 Å². The third kappa shape index (κ3) is 28.1. The van der Waals surface area contributed by atoms with Gasteiger partial charge >= 0.3 is 11.9 Å². The van der Waals surface area contributed by atoms with Gasteiger partial charge < -0.3 is 88.6 Å². The van der Waals surface area contributed by atoms with Gasteiger partial charge in [-0.25, -0.2) is 9.59 Å². The molecule has 5 rings (SSSR count). The second-order valence-electron chi connectivity index (χ2n) is 30.1. The van der Waals surface area contributed by atoms with Crippen LogP contribution in [0.25, 0.3) is 0 Å². The van der Waals surface area contributed by atoms with Crippen molar-refractivity contribution in [3.05, 3.63) is 71.9 Å². The first-order valence-electron chi connectivity index (χ1n) is 36.7. The summed E-state index contributed by atoms with van der Waals surface area (Å²) in [4.78, 5) is 27.8. The van der Waals surface area contributed by atoms with Crippen molar-refractivity contribution in [3.63, 3.8) is 0 Å². The van der Waals surface area contributed by atoms with Crippen molar-refractivity contribution in [2.75, 3.05) is 21.3 Å². The molecule has 0 aromatic heterocycles. The van der Waals surface area contributed by atoms with E-state index in [1.807, 2.05) is 91.8 Å². The van der Waals surface area contributed by atoms with E-state index in [2.05, 4.69) is 0 Å². The summed E-state index contributed by atoms with van der Waals surface area (Å²) in [6.07, 6.45) is 12.4. The molecule has 0 saturated carbocycles. The first-order valence-corrected chi connectivity index (χ1v) is 36.7. The Balaban J connectivity index is 1.36. The third-order valence-corrected chi connectivity index (χ3v) is 21.9. The predicted octanol–water partition coefficient (Wildman–Crippen LogP) is 9.45. The molecule has 2 fully saturated rings. The summed E-state index contributed by atoms with van der Waals surface area (Å²) in [7, 11) is 4.86.